The molecular formula is C15H30N2. The van der Waals surface area contributed by atoms with Gasteiger partial charge in [0.05, 0.1) is 0 Å². The summed E-state index contributed by atoms with van der Waals surface area (Å²) in [7, 11) is 0. The molecule has 1 saturated carbocycles. The largest absolute Gasteiger partial charge is 0.317 e. The van der Waals surface area contributed by atoms with E-state index in [2.05, 4.69) is 24.1 Å². The topological polar surface area (TPSA) is 15.3 Å². The molecule has 1 saturated heterocycles. The molecule has 2 heteroatoms. The van der Waals surface area contributed by atoms with E-state index in [9.17, 15) is 0 Å². The Balaban J connectivity index is 1.89. The van der Waals surface area contributed by atoms with Crippen LogP contribution in [0.15, 0.2) is 0 Å². The summed E-state index contributed by atoms with van der Waals surface area (Å²) in [6, 6.07) is 0. The van der Waals surface area contributed by atoms with Crippen molar-refractivity contribution in [3.63, 3.8) is 0 Å². The van der Waals surface area contributed by atoms with Crippen molar-refractivity contribution in [3.05, 3.63) is 0 Å². The third kappa shape index (κ3) is 3.96. The lowest BCUT2D eigenvalue weighted by Crippen LogP contribution is -2.45. The molecule has 0 aromatic rings. The molecule has 100 valence electrons. The number of rotatable bonds is 7. The molecule has 1 heterocycles. The van der Waals surface area contributed by atoms with Crippen molar-refractivity contribution in [2.75, 3.05) is 32.7 Å². The normalized spacial score (nSPS) is 24.2. The molecule has 0 aromatic heterocycles. The van der Waals surface area contributed by atoms with E-state index in [1.54, 1.807) is 0 Å². The average molecular weight is 238 g/mol. The number of hydrogen-bond donors (Lipinski definition) is 1. The first-order valence-electron chi connectivity index (χ1n) is 7.71. The van der Waals surface area contributed by atoms with Gasteiger partial charge in [0.1, 0.15) is 0 Å². The molecule has 17 heavy (non-hydrogen) atoms. The van der Waals surface area contributed by atoms with E-state index >= 15 is 0 Å². The van der Waals surface area contributed by atoms with E-state index in [1.165, 1.54) is 71.2 Å². The fraction of sp³-hybridized carbons (Fsp3) is 1.00. The third-order valence-electron chi connectivity index (χ3n) is 4.66. The maximum Gasteiger partial charge on any atom is 0.00389 e. The average Bonchev–Trinajstić information content (AvgIpc) is 3.14. The van der Waals surface area contributed by atoms with Crippen molar-refractivity contribution in [3.8, 4) is 0 Å². The van der Waals surface area contributed by atoms with Crippen LogP contribution < -0.4 is 5.32 Å². The van der Waals surface area contributed by atoms with Gasteiger partial charge in [0, 0.05) is 13.1 Å². The Kier molecular flexibility index (Phi) is 4.87. The molecule has 0 atom stereocenters. The fourth-order valence-electron chi connectivity index (χ4n) is 3.42. The van der Waals surface area contributed by atoms with Crippen LogP contribution in [-0.2, 0) is 0 Å². The highest BCUT2D eigenvalue weighted by Gasteiger charge is 2.34. The Bertz CT molecular complexity index is 211. The van der Waals surface area contributed by atoms with E-state index in [0.29, 0.717) is 5.41 Å². The Labute approximate surface area is 107 Å². The summed E-state index contributed by atoms with van der Waals surface area (Å²) in [5.74, 6) is 1.04. The smallest absolute Gasteiger partial charge is 0.00389 e. The van der Waals surface area contributed by atoms with Gasteiger partial charge in [0.15, 0.2) is 0 Å². The molecular weight excluding hydrogens is 208 g/mol. The van der Waals surface area contributed by atoms with Crippen LogP contribution in [0, 0.1) is 11.3 Å². The summed E-state index contributed by atoms with van der Waals surface area (Å²) in [6.45, 7) is 11.1. The highest BCUT2D eigenvalue weighted by molar-refractivity contribution is 4.88. The zero-order chi connectivity index (χ0) is 12.1. The fourth-order valence-corrected chi connectivity index (χ4v) is 3.42. The van der Waals surface area contributed by atoms with Gasteiger partial charge in [0.2, 0.25) is 0 Å². The Morgan fingerprint density at radius 2 is 1.88 bits per heavy atom. The van der Waals surface area contributed by atoms with Crippen LogP contribution in [0.25, 0.3) is 0 Å². The van der Waals surface area contributed by atoms with Gasteiger partial charge in [-0.25, -0.2) is 0 Å². The lowest BCUT2D eigenvalue weighted by atomic mass is 9.75. The summed E-state index contributed by atoms with van der Waals surface area (Å²) in [5, 5.41) is 3.52. The van der Waals surface area contributed by atoms with Gasteiger partial charge >= 0.3 is 0 Å². The maximum absolute atomic E-state index is 3.52. The van der Waals surface area contributed by atoms with Gasteiger partial charge in [-0.3, -0.25) is 0 Å². The van der Waals surface area contributed by atoms with Crippen LogP contribution in [0.1, 0.15) is 52.4 Å². The van der Waals surface area contributed by atoms with Crippen LogP contribution in [0.2, 0.25) is 0 Å². The second-order valence-electron chi connectivity index (χ2n) is 6.27. The van der Waals surface area contributed by atoms with Gasteiger partial charge in [-0.15, -0.1) is 0 Å². The molecule has 1 N–H and O–H groups in total. The van der Waals surface area contributed by atoms with Crippen LogP contribution in [0.5, 0.6) is 0 Å². The highest BCUT2D eigenvalue weighted by Crippen LogP contribution is 2.36. The number of piperidine rings is 1. The molecule has 0 unspecified atom stereocenters. The minimum Gasteiger partial charge on any atom is -0.317 e. The Hall–Kier alpha value is -0.0800. The predicted molar refractivity (Wildman–Crippen MR) is 74.3 cm³/mol. The van der Waals surface area contributed by atoms with E-state index in [1.807, 2.05) is 0 Å². The van der Waals surface area contributed by atoms with Gasteiger partial charge in [0.25, 0.3) is 0 Å². The molecule has 2 rings (SSSR count). The summed E-state index contributed by atoms with van der Waals surface area (Å²) in [6.07, 6.45) is 8.53. The summed E-state index contributed by atoms with van der Waals surface area (Å²) in [4.78, 5) is 2.73. The second-order valence-corrected chi connectivity index (χ2v) is 6.27. The minimum absolute atomic E-state index is 0.630. The van der Waals surface area contributed by atoms with Crippen molar-refractivity contribution < 1.29 is 0 Å². The number of hydrogen-bond acceptors (Lipinski definition) is 2. The van der Waals surface area contributed by atoms with E-state index in [-0.39, 0.29) is 0 Å². The molecule has 0 amide bonds. The summed E-state index contributed by atoms with van der Waals surface area (Å²) in [5.41, 5.74) is 0.630. The molecule has 2 fully saturated rings. The predicted octanol–water partition coefficient (Wildman–Crippen LogP) is 2.89. The zero-order valence-electron chi connectivity index (χ0n) is 11.8. The number of nitrogens with one attached hydrogen (secondary N) is 1. The molecule has 0 bridgehead atoms. The molecule has 1 aliphatic carbocycles. The molecule has 0 spiro atoms. The van der Waals surface area contributed by atoms with E-state index in [0.717, 1.165) is 5.92 Å². The standard InChI is InChI=1S/C15H30N2/c1-3-7-15(8-10-16-11-9-15)13-17(4-2)12-14-5-6-14/h14,16H,3-13H2,1-2H3. The van der Waals surface area contributed by atoms with Gasteiger partial charge in [-0.1, -0.05) is 20.3 Å². The first-order chi connectivity index (χ1) is 8.28. The van der Waals surface area contributed by atoms with Crippen LogP contribution in [0.4, 0.5) is 0 Å². The lowest BCUT2D eigenvalue weighted by molar-refractivity contribution is 0.101. The van der Waals surface area contributed by atoms with E-state index in [4.69, 9.17) is 0 Å². The first-order valence-corrected chi connectivity index (χ1v) is 7.71. The minimum atomic E-state index is 0.630. The monoisotopic (exact) mass is 238 g/mol. The highest BCUT2D eigenvalue weighted by atomic mass is 15.1. The van der Waals surface area contributed by atoms with Crippen molar-refractivity contribution in [1.29, 1.82) is 0 Å². The summed E-state index contributed by atoms with van der Waals surface area (Å²) < 4.78 is 0. The number of nitrogens with zero attached hydrogens (tertiary/aromatic N) is 1. The van der Waals surface area contributed by atoms with Gasteiger partial charge in [-0.05, 0) is 63.1 Å². The van der Waals surface area contributed by atoms with Crippen LogP contribution in [-0.4, -0.2) is 37.6 Å². The maximum atomic E-state index is 3.52. The quantitative estimate of drug-likeness (QED) is 0.733. The molecule has 2 aliphatic rings. The second kappa shape index (κ2) is 6.19. The van der Waals surface area contributed by atoms with Crippen molar-refractivity contribution in [1.82, 2.24) is 10.2 Å². The Morgan fingerprint density at radius 1 is 1.18 bits per heavy atom. The van der Waals surface area contributed by atoms with Crippen molar-refractivity contribution in [2.45, 2.75) is 52.4 Å². The van der Waals surface area contributed by atoms with Crippen LogP contribution in [0.3, 0.4) is 0 Å². The van der Waals surface area contributed by atoms with Crippen LogP contribution >= 0.6 is 0 Å². The molecule has 0 radical (unpaired) electrons. The summed E-state index contributed by atoms with van der Waals surface area (Å²) >= 11 is 0. The third-order valence-corrected chi connectivity index (χ3v) is 4.66. The van der Waals surface area contributed by atoms with E-state index < -0.39 is 0 Å². The zero-order valence-corrected chi connectivity index (χ0v) is 11.8. The molecule has 2 nitrogen and oxygen atoms in total. The SMILES string of the molecule is CCCC1(CN(CC)CC2CC2)CCNCC1. The van der Waals surface area contributed by atoms with Crippen molar-refractivity contribution in [2.24, 2.45) is 11.3 Å². The first kappa shape index (κ1) is 13.4. The van der Waals surface area contributed by atoms with Gasteiger partial charge in [-0.2, -0.15) is 0 Å². The lowest BCUT2D eigenvalue weighted by Gasteiger charge is -2.41. The molecule has 1 aliphatic heterocycles. The molecule has 0 aromatic carbocycles. The van der Waals surface area contributed by atoms with Crippen molar-refractivity contribution >= 4 is 0 Å². The van der Waals surface area contributed by atoms with Gasteiger partial charge < -0.3 is 10.2 Å². The Morgan fingerprint density at radius 3 is 2.41 bits per heavy atom.